The number of sulfonamides is 1. The molecular formula is C25H23N5O6S2. The Morgan fingerprint density at radius 1 is 1.18 bits per heavy atom. The normalized spacial score (nSPS) is 11.6. The number of amides is 1. The summed E-state index contributed by atoms with van der Waals surface area (Å²) >= 11 is 1.06. The van der Waals surface area contributed by atoms with E-state index in [1.807, 2.05) is 0 Å². The van der Waals surface area contributed by atoms with Crippen LogP contribution in [-0.2, 0) is 21.4 Å². The molecule has 4 N–H and O–H groups in total. The molecule has 0 aliphatic rings. The summed E-state index contributed by atoms with van der Waals surface area (Å²) in [5.74, 6) is -0.246. The van der Waals surface area contributed by atoms with Gasteiger partial charge in [0.05, 0.1) is 41.4 Å². The highest BCUT2D eigenvalue weighted by atomic mass is 32.2. The minimum Gasteiger partial charge on any atom is -0.504 e. The van der Waals surface area contributed by atoms with Crippen molar-refractivity contribution in [2.75, 3.05) is 12.9 Å². The van der Waals surface area contributed by atoms with Crippen LogP contribution in [0.1, 0.15) is 11.1 Å². The van der Waals surface area contributed by atoms with Crippen LogP contribution in [0.4, 0.5) is 0 Å². The molecule has 0 aliphatic carbocycles. The fourth-order valence-corrected chi connectivity index (χ4v) is 4.79. The zero-order valence-electron chi connectivity index (χ0n) is 20.1. The molecule has 0 aliphatic heterocycles. The molecule has 4 aromatic rings. The van der Waals surface area contributed by atoms with Crippen LogP contribution in [-0.4, -0.2) is 48.1 Å². The monoisotopic (exact) mass is 553 g/mol. The number of nitrogens with one attached hydrogen (secondary N) is 1. The van der Waals surface area contributed by atoms with Gasteiger partial charge in [-0.2, -0.15) is 5.10 Å². The van der Waals surface area contributed by atoms with Gasteiger partial charge in [0.25, 0.3) is 11.5 Å². The van der Waals surface area contributed by atoms with E-state index in [0.29, 0.717) is 27.2 Å². The van der Waals surface area contributed by atoms with Gasteiger partial charge in [0.15, 0.2) is 16.7 Å². The number of nitrogens with two attached hydrogens (primary N) is 1. The van der Waals surface area contributed by atoms with Gasteiger partial charge in [-0.25, -0.2) is 24.0 Å². The highest BCUT2D eigenvalue weighted by Gasteiger charge is 2.14. The first-order valence-corrected chi connectivity index (χ1v) is 13.6. The molecule has 0 saturated carbocycles. The third-order valence-corrected chi connectivity index (χ3v) is 7.26. The van der Waals surface area contributed by atoms with E-state index in [1.54, 1.807) is 48.5 Å². The number of methoxy groups -OCH3 is 1. The number of fused-ring (bicyclic) bond motifs is 1. The summed E-state index contributed by atoms with van der Waals surface area (Å²) in [6, 6.07) is 17.4. The molecule has 0 spiro atoms. The Bertz CT molecular complexity index is 1690. The van der Waals surface area contributed by atoms with E-state index in [2.05, 4.69) is 15.5 Å². The van der Waals surface area contributed by atoms with E-state index >= 15 is 0 Å². The second-order valence-electron chi connectivity index (χ2n) is 8.00. The lowest BCUT2D eigenvalue weighted by atomic mass is 10.2. The van der Waals surface area contributed by atoms with E-state index in [9.17, 15) is 23.1 Å². The molecule has 1 heterocycles. The van der Waals surface area contributed by atoms with Gasteiger partial charge in [-0.1, -0.05) is 36.0 Å². The van der Waals surface area contributed by atoms with Gasteiger partial charge in [-0.05, 0) is 53.6 Å². The molecule has 0 bridgehead atoms. The Kier molecular flexibility index (Phi) is 8.10. The van der Waals surface area contributed by atoms with E-state index in [4.69, 9.17) is 9.88 Å². The number of phenolic OH excluding ortho intramolecular Hbond substituents is 1. The summed E-state index contributed by atoms with van der Waals surface area (Å²) in [6.07, 6.45) is 1.40. The molecule has 0 fully saturated rings. The second kappa shape index (κ2) is 11.5. The third-order valence-electron chi connectivity index (χ3n) is 5.36. The molecule has 0 unspecified atom stereocenters. The average Bonchev–Trinajstić information content (AvgIpc) is 2.90. The van der Waals surface area contributed by atoms with Gasteiger partial charge in [0.1, 0.15) is 0 Å². The summed E-state index contributed by atoms with van der Waals surface area (Å²) < 4.78 is 29.6. The number of aromatic nitrogens is 2. The van der Waals surface area contributed by atoms with Crippen molar-refractivity contribution in [3.05, 3.63) is 88.2 Å². The molecule has 13 heteroatoms. The van der Waals surface area contributed by atoms with Gasteiger partial charge < -0.3 is 9.84 Å². The topological polar surface area (TPSA) is 166 Å². The van der Waals surface area contributed by atoms with E-state index in [0.717, 1.165) is 11.8 Å². The zero-order valence-corrected chi connectivity index (χ0v) is 21.7. The quantitative estimate of drug-likeness (QED) is 0.123. The molecule has 0 radical (unpaired) electrons. The number of nitrogens with zero attached hydrogens (tertiary/aromatic N) is 3. The van der Waals surface area contributed by atoms with E-state index in [1.165, 1.54) is 36.1 Å². The number of hydrogen-bond donors (Lipinski definition) is 3. The maximum absolute atomic E-state index is 13.3. The lowest BCUT2D eigenvalue weighted by Gasteiger charge is -2.13. The van der Waals surface area contributed by atoms with Crippen molar-refractivity contribution in [1.29, 1.82) is 0 Å². The SMILES string of the molecule is COc1cc(/C=N/NC(=O)CSc2nc3ccccc3c(=O)n2Cc2ccc(S(N)(=O)=O)cc2)ccc1O. The number of thioether (sulfide) groups is 1. The van der Waals surface area contributed by atoms with Gasteiger partial charge in [0, 0.05) is 0 Å². The van der Waals surface area contributed by atoms with Crippen molar-refractivity contribution in [3.8, 4) is 11.5 Å². The van der Waals surface area contributed by atoms with Gasteiger partial charge in [0.2, 0.25) is 10.0 Å². The van der Waals surface area contributed by atoms with Crippen molar-refractivity contribution in [2.24, 2.45) is 10.2 Å². The van der Waals surface area contributed by atoms with Crippen molar-refractivity contribution in [2.45, 2.75) is 16.6 Å². The summed E-state index contributed by atoms with van der Waals surface area (Å²) in [6.45, 7) is 0.104. The molecule has 11 nitrogen and oxygen atoms in total. The second-order valence-corrected chi connectivity index (χ2v) is 10.5. The molecule has 1 amide bonds. The van der Waals surface area contributed by atoms with Crippen LogP contribution in [0.3, 0.4) is 0 Å². The lowest BCUT2D eigenvalue weighted by Crippen LogP contribution is -2.25. The molecule has 1 aromatic heterocycles. The lowest BCUT2D eigenvalue weighted by molar-refractivity contribution is -0.118. The molecular weight excluding hydrogens is 530 g/mol. The number of carbonyl (C=O) groups is 1. The zero-order chi connectivity index (χ0) is 27.3. The predicted molar refractivity (Wildman–Crippen MR) is 144 cm³/mol. The number of hydrazone groups is 1. The third kappa shape index (κ3) is 6.37. The van der Waals surface area contributed by atoms with Crippen LogP contribution in [0.2, 0.25) is 0 Å². The van der Waals surface area contributed by atoms with E-state index in [-0.39, 0.29) is 34.3 Å². The summed E-state index contributed by atoms with van der Waals surface area (Å²) in [7, 11) is -2.42. The Hall–Kier alpha value is -4.20. The summed E-state index contributed by atoms with van der Waals surface area (Å²) in [5.41, 5.74) is 3.86. The Morgan fingerprint density at radius 2 is 1.92 bits per heavy atom. The fraction of sp³-hybridized carbons (Fsp3) is 0.120. The highest BCUT2D eigenvalue weighted by molar-refractivity contribution is 7.99. The number of ether oxygens (including phenoxy) is 1. The Balaban J connectivity index is 1.52. The van der Waals surface area contributed by atoms with Gasteiger partial charge in [-0.3, -0.25) is 14.2 Å². The van der Waals surface area contributed by atoms with Crippen LogP contribution in [0.25, 0.3) is 10.9 Å². The number of hydrogen-bond acceptors (Lipinski definition) is 9. The number of carbonyl (C=O) groups excluding carboxylic acids is 1. The standard InChI is InChI=1S/C25H23N5O6S2/c1-36-22-12-17(8-11-21(22)31)13-27-29-23(32)15-37-25-28-20-5-3-2-4-19(20)24(33)30(25)14-16-6-9-18(10-7-16)38(26,34)35/h2-13,31H,14-15H2,1H3,(H,29,32)(H2,26,34,35)/b27-13+. The molecule has 0 atom stereocenters. The number of benzene rings is 3. The number of para-hydroxylation sites is 1. The van der Waals surface area contributed by atoms with Crippen molar-refractivity contribution < 1.29 is 23.1 Å². The van der Waals surface area contributed by atoms with Crippen LogP contribution in [0.5, 0.6) is 11.5 Å². The summed E-state index contributed by atoms with van der Waals surface area (Å²) in [5, 5.41) is 19.5. The van der Waals surface area contributed by atoms with Gasteiger partial charge in [-0.15, -0.1) is 0 Å². The number of rotatable bonds is 9. The number of phenols is 1. The maximum Gasteiger partial charge on any atom is 0.262 e. The van der Waals surface area contributed by atoms with E-state index < -0.39 is 15.9 Å². The molecule has 4 rings (SSSR count). The molecule has 3 aromatic carbocycles. The van der Waals surface area contributed by atoms with Crippen LogP contribution < -0.4 is 20.9 Å². The predicted octanol–water partition coefficient (Wildman–Crippen LogP) is 2.05. The largest absolute Gasteiger partial charge is 0.504 e. The van der Waals surface area contributed by atoms with Crippen LogP contribution in [0.15, 0.2) is 86.7 Å². The number of aromatic hydroxyl groups is 1. The first kappa shape index (κ1) is 26.9. The molecule has 0 saturated heterocycles. The van der Waals surface area contributed by atoms with Crippen LogP contribution in [0, 0.1) is 0 Å². The van der Waals surface area contributed by atoms with Crippen LogP contribution >= 0.6 is 11.8 Å². The Morgan fingerprint density at radius 3 is 2.63 bits per heavy atom. The minimum absolute atomic E-state index is 0.0145. The molecule has 196 valence electrons. The maximum atomic E-state index is 13.3. The smallest absolute Gasteiger partial charge is 0.262 e. The number of primary sulfonamides is 1. The highest BCUT2D eigenvalue weighted by Crippen LogP contribution is 2.25. The average molecular weight is 554 g/mol. The minimum atomic E-state index is -3.85. The van der Waals surface area contributed by atoms with Crippen molar-refractivity contribution in [3.63, 3.8) is 0 Å². The van der Waals surface area contributed by atoms with Crippen molar-refractivity contribution >= 4 is 44.8 Å². The Labute approximate surface area is 222 Å². The first-order chi connectivity index (χ1) is 18.2. The van der Waals surface area contributed by atoms with Gasteiger partial charge >= 0.3 is 0 Å². The van der Waals surface area contributed by atoms with Crippen molar-refractivity contribution in [1.82, 2.24) is 15.0 Å². The summed E-state index contributed by atoms with van der Waals surface area (Å²) in [4.78, 5) is 30.2. The molecule has 38 heavy (non-hydrogen) atoms. The fourth-order valence-electron chi connectivity index (χ4n) is 3.48. The first-order valence-electron chi connectivity index (χ1n) is 11.1.